The Labute approximate surface area is 127 Å². The van der Waals surface area contributed by atoms with Crippen molar-refractivity contribution in [1.29, 1.82) is 0 Å². The maximum absolute atomic E-state index is 10.8. The summed E-state index contributed by atoms with van der Waals surface area (Å²) in [5, 5.41) is 11.4. The average Bonchev–Trinajstić information content (AvgIpc) is 2.86. The van der Waals surface area contributed by atoms with Gasteiger partial charge in [-0.3, -0.25) is 4.79 Å². The van der Waals surface area contributed by atoms with Crippen molar-refractivity contribution in [2.24, 2.45) is 5.73 Å². The molecule has 2 rings (SSSR count). The number of hydrogen-bond acceptors (Lipinski definition) is 5. The number of benzene rings is 1. The van der Waals surface area contributed by atoms with Crippen LogP contribution in [0.3, 0.4) is 0 Å². The van der Waals surface area contributed by atoms with Crippen molar-refractivity contribution < 1.29 is 9.90 Å². The van der Waals surface area contributed by atoms with E-state index in [-0.39, 0.29) is 0 Å². The number of halogens is 1. The van der Waals surface area contributed by atoms with E-state index in [0.717, 1.165) is 14.4 Å². The standard InChI is InChI=1S/C12H11BrN2O2S2/c13-7-1-3-8(4-2-7)18-6-10-15-9(5-19-10)11(14)12(16)17/h1-5,11H,6,14H2,(H,16,17). The second-order valence-corrected chi connectivity index (χ2v) is 6.63. The molecule has 0 aliphatic heterocycles. The number of rotatable bonds is 5. The molecule has 0 saturated carbocycles. The maximum atomic E-state index is 10.8. The molecule has 4 nitrogen and oxygen atoms in total. The summed E-state index contributed by atoms with van der Waals surface area (Å²) in [5.41, 5.74) is 5.93. The molecule has 7 heteroatoms. The Morgan fingerprint density at radius 1 is 1.47 bits per heavy atom. The van der Waals surface area contributed by atoms with Crippen LogP contribution in [0, 0.1) is 0 Å². The Bertz CT molecular complexity index is 571. The molecule has 19 heavy (non-hydrogen) atoms. The lowest BCUT2D eigenvalue weighted by Gasteiger charge is -2.01. The number of nitrogens with zero attached hydrogens (tertiary/aromatic N) is 1. The Balaban J connectivity index is 1.97. The predicted octanol–water partition coefficient (Wildman–Crippen LogP) is 3.28. The molecule has 100 valence electrons. The van der Waals surface area contributed by atoms with Crippen LogP contribution in [0.2, 0.25) is 0 Å². The number of carboxylic acids is 1. The second-order valence-electron chi connectivity index (χ2n) is 3.72. The van der Waals surface area contributed by atoms with Crippen LogP contribution < -0.4 is 5.73 Å². The first-order chi connectivity index (χ1) is 9.06. The largest absolute Gasteiger partial charge is 0.480 e. The minimum Gasteiger partial charge on any atom is -0.480 e. The van der Waals surface area contributed by atoms with Gasteiger partial charge in [0.25, 0.3) is 0 Å². The lowest BCUT2D eigenvalue weighted by atomic mass is 10.2. The molecular weight excluding hydrogens is 348 g/mol. The number of aliphatic carboxylic acids is 1. The molecule has 0 amide bonds. The van der Waals surface area contributed by atoms with Crippen LogP contribution in [-0.4, -0.2) is 16.1 Å². The number of thiazole rings is 1. The molecule has 0 saturated heterocycles. The van der Waals surface area contributed by atoms with Crippen LogP contribution in [0.5, 0.6) is 0 Å². The van der Waals surface area contributed by atoms with Gasteiger partial charge in [0.05, 0.1) is 11.4 Å². The van der Waals surface area contributed by atoms with Crippen LogP contribution in [0.1, 0.15) is 16.7 Å². The van der Waals surface area contributed by atoms with Crippen LogP contribution in [0.15, 0.2) is 39.0 Å². The fourth-order valence-corrected chi connectivity index (χ4v) is 3.35. The summed E-state index contributed by atoms with van der Waals surface area (Å²) in [5.74, 6) is -0.351. The van der Waals surface area contributed by atoms with Gasteiger partial charge in [-0.25, -0.2) is 4.98 Å². The molecule has 2 aromatic rings. The Kier molecular flexibility index (Phi) is 4.98. The zero-order chi connectivity index (χ0) is 13.8. The summed E-state index contributed by atoms with van der Waals surface area (Å²) in [4.78, 5) is 16.1. The molecule has 1 unspecified atom stereocenters. The number of aromatic nitrogens is 1. The van der Waals surface area contributed by atoms with Crippen LogP contribution in [0.4, 0.5) is 0 Å². The number of carboxylic acid groups (broad SMARTS) is 1. The highest BCUT2D eigenvalue weighted by molar-refractivity contribution is 9.10. The van der Waals surface area contributed by atoms with Crippen molar-refractivity contribution in [3.63, 3.8) is 0 Å². The summed E-state index contributed by atoms with van der Waals surface area (Å²) in [6.07, 6.45) is 0. The smallest absolute Gasteiger partial charge is 0.326 e. The van der Waals surface area contributed by atoms with E-state index in [1.807, 2.05) is 24.3 Å². The molecule has 0 spiro atoms. The van der Waals surface area contributed by atoms with E-state index in [1.54, 1.807) is 17.1 Å². The summed E-state index contributed by atoms with van der Waals surface area (Å²) in [6, 6.07) is 6.97. The molecule has 1 aromatic heterocycles. The lowest BCUT2D eigenvalue weighted by Crippen LogP contribution is -2.20. The van der Waals surface area contributed by atoms with Gasteiger partial charge in [0.2, 0.25) is 0 Å². The fraction of sp³-hybridized carbons (Fsp3) is 0.167. The van der Waals surface area contributed by atoms with Crippen molar-refractivity contribution >= 4 is 45.0 Å². The van der Waals surface area contributed by atoms with Gasteiger partial charge >= 0.3 is 5.97 Å². The second kappa shape index (κ2) is 6.51. The first-order valence-corrected chi connectivity index (χ1v) is 8.03. The summed E-state index contributed by atoms with van der Waals surface area (Å²) in [6.45, 7) is 0. The van der Waals surface area contributed by atoms with Gasteiger partial charge in [0.15, 0.2) is 0 Å². The molecule has 1 atom stereocenters. The van der Waals surface area contributed by atoms with Gasteiger partial charge in [-0.1, -0.05) is 15.9 Å². The molecule has 1 heterocycles. The van der Waals surface area contributed by atoms with Gasteiger partial charge in [0.1, 0.15) is 11.0 Å². The normalized spacial score (nSPS) is 12.3. The van der Waals surface area contributed by atoms with Gasteiger partial charge in [0, 0.05) is 14.7 Å². The topological polar surface area (TPSA) is 76.2 Å². The summed E-state index contributed by atoms with van der Waals surface area (Å²) >= 11 is 6.47. The highest BCUT2D eigenvalue weighted by atomic mass is 79.9. The SMILES string of the molecule is NC(C(=O)O)c1csc(CSc2ccc(Br)cc2)n1. The molecule has 0 fully saturated rings. The minimum absolute atomic E-state index is 0.420. The van der Waals surface area contributed by atoms with Gasteiger partial charge in [-0.05, 0) is 24.3 Å². The molecule has 0 aliphatic carbocycles. The third-order valence-electron chi connectivity index (χ3n) is 2.33. The summed E-state index contributed by atoms with van der Waals surface area (Å²) < 4.78 is 1.04. The van der Waals surface area contributed by atoms with Crippen LogP contribution in [0.25, 0.3) is 0 Å². The van der Waals surface area contributed by atoms with Gasteiger partial charge in [-0.2, -0.15) is 0 Å². The number of nitrogens with two attached hydrogens (primary N) is 1. The van der Waals surface area contributed by atoms with Gasteiger partial charge < -0.3 is 10.8 Å². The first-order valence-electron chi connectivity index (χ1n) is 5.37. The van der Waals surface area contributed by atoms with Crippen molar-refractivity contribution in [2.75, 3.05) is 0 Å². The van der Waals surface area contributed by atoms with Crippen molar-refractivity contribution in [1.82, 2.24) is 4.98 Å². The van der Waals surface area contributed by atoms with Gasteiger partial charge in [-0.15, -0.1) is 23.1 Å². The van der Waals surface area contributed by atoms with E-state index in [9.17, 15) is 4.79 Å². The third kappa shape index (κ3) is 4.04. The molecular formula is C12H11BrN2O2S2. The molecule has 0 radical (unpaired) electrons. The number of hydrogen-bond donors (Lipinski definition) is 2. The predicted molar refractivity (Wildman–Crippen MR) is 80.4 cm³/mol. The Morgan fingerprint density at radius 3 is 2.79 bits per heavy atom. The van der Waals surface area contributed by atoms with E-state index in [0.29, 0.717) is 11.4 Å². The zero-order valence-corrected chi connectivity index (χ0v) is 13.0. The maximum Gasteiger partial charge on any atom is 0.326 e. The van der Waals surface area contributed by atoms with E-state index in [2.05, 4.69) is 20.9 Å². The average molecular weight is 359 g/mol. The monoisotopic (exact) mass is 358 g/mol. The first kappa shape index (κ1) is 14.5. The molecule has 0 aliphatic rings. The highest BCUT2D eigenvalue weighted by Gasteiger charge is 2.17. The van der Waals surface area contributed by atoms with E-state index in [4.69, 9.17) is 10.8 Å². The van der Waals surface area contributed by atoms with E-state index in [1.165, 1.54) is 11.3 Å². The lowest BCUT2D eigenvalue weighted by molar-refractivity contribution is -0.138. The van der Waals surface area contributed by atoms with Crippen LogP contribution in [-0.2, 0) is 10.5 Å². The van der Waals surface area contributed by atoms with Crippen molar-refractivity contribution in [2.45, 2.75) is 16.7 Å². The van der Waals surface area contributed by atoms with Crippen molar-refractivity contribution in [3.05, 3.63) is 44.8 Å². The quantitative estimate of drug-likeness (QED) is 0.802. The van der Waals surface area contributed by atoms with Crippen LogP contribution >= 0.6 is 39.0 Å². The number of thioether (sulfide) groups is 1. The molecule has 3 N–H and O–H groups in total. The molecule has 0 bridgehead atoms. The van der Waals surface area contributed by atoms with Crippen molar-refractivity contribution in [3.8, 4) is 0 Å². The Hall–Kier alpha value is -0.890. The molecule has 1 aromatic carbocycles. The Morgan fingerprint density at radius 2 is 2.16 bits per heavy atom. The fourth-order valence-electron chi connectivity index (χ4n) is 1.34. The number of carbonyl (C=O) groups is 1. The zero-order valence-electron chi connectivity index (χ0n) is 9.75. The minimum atomic E-state index is -1.06. The van der Waals surface area contributed by atoms with E-state index >= 15 is 0 Å². The summed E-state index contributed by atoms with van der Waals surface area (Å²) in [7, 11) is 0. The third-order valence-corrected chi connectivity index (χ3v) is 4.93. The highest BCUT2D eigenvalue weighted by Crippen LogP contribution is 2.26. The van der Waals surface area contributed by atoms with E-state index < -0.39 is 12.0 Å².